The summed E-state index contributed by atoms with van der Waals surface area (Å²) < 4.78 is 11.3. The van der Waals surface area contributed by atoms with Gasteiger partial charge in [-0.3, -0.25) is 0 Å². The predicted octanol–water partition coefficient (Wildman–Crippen LogP) is 3.47. The van der Waals surface area contributed by atoms with Crippen LogP contribution in [-0.2, 0) is 6.61 Å². The van der Waals surface area contributed by atoms with Crippen molar-refractivity contribution in [1.82, 2.24) is 0 Å². The van der Waals surface area contributed by atoms with Gasteiger partial charge in [0.05, 0.1) is 12.8 Å². The zero-order chi connectivity index (χ0) is 14.2. The lowest BCUT2D eigenvalue weighted by molar-refractivity contribution is 0.269. The Morgan fingerprint density at radius 2 is 1.85 bits per heavy atom. The molecule has 4 heteroatoms. The lowest BCUT2D eigenvalue weighted by Crippen LogP contribution is -2.00. The summed E-state index contributed by atoms with van der Waals surface area (Å²) in [7, 11) is 0. The van der Waals surface area contributed by atoms with Gasteiger partial charge in [0.1, 0.15) is 6.61 Å². The normalized spacial score (nSPS) is 10.7. The van der Waals surface area contributed by atoms with Crippen LogP contribution < -0.4 is 9.47 Å². The third kappa shape index (κ3) is 3.75. The van der Waals surface area contributed by atoms with Crippen LogP contribution in [-0.4, -0.2) is 18.0 Å². The molecule has 0 spiro atoms. The lowest BCUT2D eigenvalue weighted by atomic mass is 10.2. The van der Waals surface area contributed by atoms with Crippen molar-refractivity contribution >= 4 is 6.21 Å². The van der Waals surface area contributed by atoms with Gasteiger partial charge in [0.15, 0.2) is 11.5 Å². The van der Waals surface area contributed by atoms with Crippen LogP contribution in [0.25, 0.3) is 0 Å². The maximum atomic E-state index is 8.56. The van der Waals surface area contributed by atoms with Crippen molar-refractivity contribution in [3.63, 3.8) is 0 Å². The zero-order valence-corrected chi connectivity index (χ0v) is 11.3. The largest absolute Gasteiger partial charge is 0.490 e. The minimum absolute atomic E-state index is 0.481. The highest BCUT2D eigenvalue weighted by atomic mass is 16.5. The highest BCUT2D eigenvalue weighted by molar-refractivity contribution is 5.80. The summed E-state index contributed by atoms with van der Waals surface area (Å²) in [4.78, 5) is 0. The second-order valence-electron chi connectivity index (χ2n) is 4.16. The van der Waals surface area contributed by atoms with Crippen LogP contribution in [0.15, 0.2) is 53.7 Å². The molecule has 0 saturated carbocycles. The molecule has 0 unspecified atom stereocenters. The first kappa shape index (κ1) is 13.9. The number of benzene rings is 2. The van der Waals surface area contributed by atoms with E-state index in [2.05, 4.69) is 5.16 Å². The molecule has 0 heterocycles. The highest BCUT2D eigenvalue weighted by Crippen LogP contribution is 2.28. The number of rotatable bonds is 6. The summed E-state index contributed by atoms with van der Waals surface area (Å²) in [5, 5.41) is 11.6. The van der Waals surface area contributed by atoms with Crippen molar-refractivity contribution < 1.29 is 14.7 Å². The molecule has 0 radical (unpaired) electrons. The maximum Gasteiger partial charge on any atom is 0.161 e. The molecule has 0 fully saturated rings. The molecular formula is C16H17NO3. The first-order valence-electron chi connectivity index (χ1n) is 6.44. The summed E-state index contributed by atoms with van der Waals surface area (Å²) in [5.41, 5.74) is 1.85. The van der Waals surface area contributed by atoms with Gasteiger partial charge < -0.3 is 14.7 Å². The summed E-state index contributed by atoms with van der Waals surface area (Å²) in [6.45, 7) is 2.93. The van der Waals surface area contributed by atoms with Crippen LogP contribution in [0, 0.1) is 0 Å². The van der Waals surface area contributed by atoms with E-state index in [4.69, 9.17) is 14.7 Å². The molecule has 2 aromatic carbocycles. The van der Waals surface area contributed by atoms with Crippen LogP contribution in [0.4, 0.5) is 0 Å². The van der Waals surface area contributed by atoms with Crippen LogP contribution >= 0.6 is 0 Å². The molecule has 4 nitrogen and oxygen atoms in total. The standard InChI is InChI=1S/C16H17NO3/c1-2-19-16-10-14(11-17-18)8-9-15(16)20-12-13-6-4-3-5-7-13/h3-11,18H,2,12H2,1H3/b17-11+. The van der Waals surface area contributed by atoms with Gasteiger partial charge in [-0.15, -0.1) is 0 Å². The SMILES string of the molecule is CCOc1cc(/C=N/O)ccc1OCc1ccccc1. The summed E-state index contributed by atoms with van der Waals surface area (Å²) in [6, 6.07) is 15.3. The summed E-state index contributed by atoms with van der Waals surface area (Å²) >= 11 is 0. The number of hydrogen-bond acceptors (Lipinski definition) is 4. The molecule has 20 heavy (non-hydrogen) atoms. The second kappa shape index (κ2) is 7.19. The second-order valence-corrected chi connectivity index (χ2v) is 4.16. The van der Waals surface area contributed by atoms with Gasteiger partial charge >= 0.3 is 0 Å². The fourth-order valence-electron chi connectivity index (χ4n) is 1.79. The van der Waals surface area contributed by atoms with Gasteiger partial charge in [-0.1, -0.05) is 35.5 Å². The fraction of sp³-hybridized carbons (Fsp3) is 0.188. The van der Waals surface area contributed by atoms with E-state index in [-0.39, 0.29) is 0 Å². The Bertz CT molecular complexity index is 567. The summed E-state index contributed by atoms with van der Waals surface area (Å²) in [6.07, 6.45) is 1.35. The number of ether oxygens (including phenoxy) is 2. The van der Waals surface area contributed by atoms with Gasteiger partial charge in [-0.25, -0.2) is 0 Å². The molecule has 0 amide bonds. The fourth-order valence-corrected chi connectivity index (χ4v) is 1.79. The topological polar surface area (TPSA) is 51.0 Å². The van der Waals surface area contributed by atoms with Gasteiger partial charge in [0, 0.05) is 5.56 Å². The molecule has 0 aliphatic heterocycles. The molecule has 0 aromatic heterocycles. The Morgan fingerprint density at radius 1 is 1.05 bits per heavy atom. The molecule has 0 aliphatic carbocycles. The molecule has 0 saturated heterocycles. The van der Waals surface area contributed by atoms with E-state index in [1.54, 1.807) is 6.07 Å². The zero-order valence-electron chi connectivity index (χ0n) is 11.3. The quantitative estimate of drug-likeness (QED) is 0.497. The van der Waals surface area contributed by atoms with Gasteiger partial charge in [-0.2, -0.15) is 0 Å². The third-order valence-electron chi connectivity index (χ3n) is 2.71. The average Bonchev–Trinajstić information content (AvgIpc) is 2.48. The molecule has 1 N–H and O–H groups in total. The van der Waals surface area contributed by atoms with E-state index in [1.807, 2.05) is 49.4 Å². The van der Waals surface area contributed by atoms with Crippen LogP contribution in [0.3, 0.4) is 0 Å². The van der Waals surface area contributed by atoms with E-state index < -0.39 is 0 Å². The molecule has 0 aliphatic rings. The first-order chi connectivity index (χ1) is 9.83. The number of oxime groups is 1. The molecule has 0 bridgehead atoms. The molecular weight excluding hydrogens is 254 g/mol. The van der Waals surface area contributed by atoms with Crippen molar-refractivity contribution in [3.8, 4) is 11.5 Å². The number of nitrogens with zero attached hydrogens (tertiary/aromatic N) is 1. The Balaban J connectivity index is 2.13. The van der Waals surface area contributed by atoms with E-state index in [0.717, 1.165) is 11.1 Å². The van der Waals surface area contributed by atoms with Crippen LogP contribution in [0.5, 0.6) is 11.5 Å². The van der Waals surface area contributed by atoms with Gasteiger partial charge in [0.25, 0.3) is 0 Å². The minimum Gasteiger partial charge on any atom is -0.490 e. The Labute approximate surface area is 118 Å². The molecule has 0 atom stereocenters. The van der Waals surface area contributed by atoms with Crippen LogP contribution in [0.2, 0.25) is 0 Å². The van der Waals surface area contributed by atoms with E-state index in [0.29, 0.717) is 24.7 Å². The third-order valence-corrected chi connectivity index (χ3v) is 2.71. The molecule has 104 valence electrons. The van der Waals surface area contributed by atoms with Gasteiger partial charge in [0.2, 0.25) is 0 Å². The Hall–Kier alpha value is -2.49. The van der Waals surface area contributed by atoms with Gasteiger partial charge in [-0.05, 0) is 30.7 Å². The van der Waals surface area contributed by atoms with E-state index >= 15 is 0 Å². The van der Waals surface area contributed by atoms with Crippen molar-refractivity contribution in [3.05, 3.63) is 59.7 Å². The maximum absolute atomic E-state index is 8.56. The molecule has 2 rings (SSSR count). The number of hydrogen-bond donors (Lipinski definition) is 1. The highest BCUT2D eigenvalue weighted by Gasteiger charge is 2.06. The van der Waals surface area contributed by atoms with Crippen LogP contribution in [0.1, 0.15) is 18.1 Å². The lowest BCUT2D eigenvalue weighted by Gasteiger charge is -2.12. The Kier molecular flexibility index (Phi) is 5.00. The van der Waals surface area contributed by atoms with Crippen molar-refractivity contribution in [1.29, 1.82) is 0 Å². The molecule has 2 aromatic rings. The first-order valence-corrected chi connectivity index (χ1v) is 6.44. The Morgan fingerprint density at radius 3 is 2.55 bits per heavy atom. The predicted molar refractivity (Wildman–Crippen MR) is 77.8 cm³/mol. The minimum atomic E-state index is 0.481. The van der Waals surface area contributed by atoms with Crippen molar-refractivity contribution in [2.24, 2.45) is 5.16 Å². The van der Waals surface area contributed by atoms with Crippen molar-refractivity contribution in [2.75, 3.05) is 6.61 Å². The van der Waals surface area contributed by atoms with E-state index in [9.17, 15) is 0 Å². The van der Waals surface area contributed by atoms with Crippen molar-refractivity contribution in [2.45, 2.75) is 13.5 Å². The smallest absolute Gasteiger partial charge is 0.161 e. The van der Waals surface area contributed by atoms with E-state index in [1.165, 1.54) is 6.21 Å². The monoisotopic (exact) mass is 271 g/mol. The summed E-state index contributed by atoms with van der Waals surface area (Å²) in [5.74, 6) is 1.31. The average molecular weight is 271 g/mol.